The number of esters is 1. The number of ether oxygens (including phenoxy) is 1. The summed E-state index contributed by atoms with van der Waals surface area (Å²) in [5.41, 5.74) is 2.31. The van der Waals surface area contributed by atoms with E-state index in [1.54, 1.807) is 12.1 Å². The number of hydrogen-bond donors (Lipinski definition) is 1. The molecule has 0 aliphatic rings. The van der Waals surface area contributed by atoms with Gasteiger partial charge in [0, 0.05) is 16.2 Å². The molecule has 0 amide bonds. The van der Waals surface area contributed by atoms with Crippen LogP contribution in [0.4, 0.5) is 5.69 Å². The van der Waals surface area contributed by atoms with Crippen molar-refractivity contribution in [3.63, 3.8) is 0 Å². The molecule has 1 unspecified atom stereocenters. The van der Waals surface area contributed by atoms with Crippen LogP contribution in [-0.2, 0) is 4.74 Å². The molecule has 2 rings (SSSR count). The van der Waals surface area contributed by atoms with Gasteiger partial charge in [0.2, 0.25) is 0 Å². The highest BCUT2D eigenvalue weighted by Crippen LogP contribution is 2.25. The van der Waals surface area contributed by atoms with E-state index < -0.39 is 5.97 Å². The smallest absolute Gasteiger partial charge is 0.339 e. The second-order valence-electron chi connectivity index (χ2n) is 4.60. The number of carbonyl (C=O) groups excluding carboxylic acids is 1. The first-order valence-corrected chi connectivity index (χ1v) is 7.58. The molecule has 0 bridgehead atoms. The van der Waals surface area contributed by atoms with E-state index >= 15 is 0 Å². The maximum absolute atomic E-state index is 11.6. The van der Waals surface area contributed by atoms with Gasteiger partial charge in [0.15, 0.2) is 0 Å². The molecule has 110 valence electrons. The van der Waals surface area contributed by atoms with Gasteiger partial charge < -0.3 is 10.1 Å². The van der Waals surface area contributed by atoms with Gasteiger partial charge in [-0.2, -0.15) is 0 Å². The third-order valence-corrected chi connectivity index (χ3v) is 3.98. The summed E-state index contributed by atoms with van der Waals surface area (Å²) in [5, 5.41) is 3.72. The molecule has 5 heteroatoms. The molecule has 1 N–H and O–H groups in total. The van der Waals surface area contributed by atoms with Crippen molar-refractivity contribution in [1.29, 1.82) is 0 Å². The summed E-state index contributed by atoms with van der Waals surface area (Å²) in [7, 11) is 1.34. The van der Waals surface area contributed by atoms with Gasteiger partial charge in [0.1, 0.15) is 0 Å². The van der Waals surface area contributed by atoms with E-state index in [-0.39, 0.29) is 6.04 Å². The fraction of sp³-hybridized carbons (Fsp3) is 0.188. The second-order valence-corrected chi connectivity index (χ2v) is 5.93. The van der Waals surface area contributed by atoms with E-state index in [1.807, 2.05) is 30.3 Å². The topological polar surface area (TPSA) is 38.3 Å². The van der Waals surface area contributed by atoms with E-state index in [0.717, 1.165) is 15.7 Å². The highest BCUT2D eigenvalue weighted by Gasteiger charge is 2.12. The molecular weight excluding hydrogens is 354 g/mol. The van der Waals surface area contributed by atoms with Crippen molar-refractivity contribution >= 4 is 39.2 Å². The third-order valence-electron chi connectivity index (χ3n) is 3.12. The summed E-state index contributed by atoms with van der Waals surface area (Å²) in [6, 6.07) is 13.4. The zero-order valence-electron chi connectivity index (χ0n) is 11.7. The van der Waals surface area contributed by atoms with Crippen LogP contribution in [0.15, 0.2) is 46.9 Å². The highest BCUT2D eigenvalue weighted by atomic mass is 79.9. The van der Waals surface area contributed by atoms with Gasteiger partial charge in [-0.1, -0.05) is 39.7 Å². The van der Waals surface area contributed by atoms with Crippen molar-refractivity contribution in [2.75, 3.05) is 12.4 Å². The number of halogens is 2. The first-order chi connectivity index (χ1) is 10.0. The summed E-state index contributed by atoms with van der Waals surface area (Å²) >= 11 is 9.42. The van der Waals surface area contributed by atoms with Crippen LogP contribution in [0.3, 0.4) is 0 Å². The second kappa shape index (κ2) is 6.96. The number of benzene rings is 2. The summed E-state index contributed by atoms with van der Waals surface area (Å²) in [4.78, 5) is 11.6. The lowest BCUT2D eigenvalue weighted by Gasteiger charge is -2.16. The van der Waals surface area contributed by atoms with Crippen LogP contribution in [-0.4, -0.2) is 13.1 Å². The van der Waals surface area contributed by atoms with Gasteiger partial charge >= 0.3 is 5.97 Å². The number of anilines is 1. The Balaban J connectivity index is 2.19. The predicted molar refractivity (Wildman–Crippen MR) is 89.0 cm³/mol. The average Bonchev–Trinajstić information content (AvgIpc) is 2.49. The summed E-state index contributed by atoms with van der Waals surface area (Å²) < 4.78 is 5.76. The van der Waals surface area contributed by atoms with Crippen molar-refractivity contribution in [2.24, 2.45) is 0 Å². The molecular formula is C16H15BrClNO2. The SMILES string of the molecule is COC(=O)c1cc(NC(C)c2ccc(Br)cc2)ccc1Cl. The third kappa shape index (κ3) is 3.99. The lowest BCUT2D eigenvalue weighted by molar-refractivity contribution is 0.0601. The number of carbonyl (C=O) groups is 1. The molecule has 0 heterocycles. The zero-order chi connectivity index (χ0) is 15.4. The zero-order valence-corrected chi connectivity index (χ0v) is 14.0. The fourth-order valence-corrected chi connectivity index (χ4v) is 2.43. The van der Waals surface area contributed by atoms with E-state index in [2.05, 4.69) is 28.2 Å². The largest absolute Gasteiger partial charge is 0.465 e. The molecule has 0 spiro atoms. The van der Waals surface area contributed by atoms with E-state index in [1.165, 1.54) is 7.11 Å². The molecule has 0 aromatic heterocycles. The molecule has 0 aliphatic carbocycles. The summed E-state index contributed by atoms with van der Waals surface area (Å²) in [6.07, 6.45) is 0. The molecule has 0 saturated carbocycles. The van der Waals surface area contributed by atoms with Gasteiger partial charge in [0.25, 0.3) is 0 Å². The molecule has 0 fully saturated rings. The van der Waals surface area contributed by atoms with Crippen molar-refractivity contribution in [3.05, 3.63) is 63.1 Å². The normalized spacial score (nSPS) is 11.8. The molecule has 0 radical (unpaired) electrons. The van der Waals surface area contributed by atoms with E-state index in [4.69, 9.17) is 16.3 Å². The Morgan fingerprint density at radius 1 is 1.24 bits per heavy atom. The van der Waals surface area contributed by atoms with E-state index in [9.17, 15) is 4.79 Å². The first-order valence-electron chi connectivity index (χ1n) is 6.41. The number of methoxy groups -OCH3 is 1. The highest BCUT2D eigenvalue weighted by molar-refractivity contribution is 9.10. The van der Waals surface area contributed by atoms with Crippen LogP contribution in [0, 0.1) is 0 Å². The standard InChI is InChI=1S/C16H15BrClNO2/c1-10(11-3-5-12(17)6-4-11)19-13-7-8-15(18)14(9-13)16(20)21-2/h3-10,19H,1-2H3. The number of rotatable bonds is 4. The molecule has 3 nitrogen and oxygen atoms in total. The van der Waals surface area contributed by atoms with Crippen LogP contribution in [0.1, 0.15) is 28.9 Å². The van der Waals surface area contributed by atoms with Gasteiger partial charge in [-0.25, -0.2) is 4.79 Å². The Bertz CT molecular complexity index is 643. The quantitative estimate of drug-likeness (QED) is 0.766. The summed E-state index contributed by atoms with van der Waals surface area (Å²) in [5.74, 6) is -0.444. The number of hydrogen-bond acceptors (Lipinski definition) is 3. The Kier molecular flexibility index (Phi) is 5.26. The van der Waals surface area contributed by atoms with Crippen LogP contribution in [0.2, 0.25) is 5.02 Å². The molecule has 0 saturated heterocycles. The monoisotopic (exact) mass is 367 g/mol. The van der Waals surface area contributed by atoms with Crippen molar-refractivity contribution in [2.45, 2.75) is 13.0 Å². The minimum absolute atomic E-state index is 0.102. The lowest BCUT2D eigenvalue weighted by Crippen LogP contribution is -2.08. The Labute approximate surface area is 137 Å². The van der Waals surface area contributed by atoms with Crippen molar-refractivity contribution in [1.82, 2.24) is 0 Å². The first kappa shape index (κ1) is 15.9. The minimum Gasteiger partial charge on any atom is -0.465 e. The van der Waals surface area contributed by atoms with Crippen LogP contribution < -0.4 is 5.32 Å². The average molecular weight is 369 g/mol. The Morgan fingerprint density at radius 3 is 2.52 bits per heavy atom. The van der Waals surface area contributed by atoms with Crippen molar-refractivity contribution < 1.29 is 9.53 Å². The Morgan fingerprint density at radius 2 is 1.90 bits per heavy atom. The fourth-order valence-electron chi connectivity index (χ4n) is 1.97. The molecule has 2 aromatic carbocycles. The van der Waals surface area contributed by atoms with Gasteiger partial charge in [-0.3, -0.25) is 0 Å². The number of nitrogens with one attached hydrogen (secondary N) is 1. The van der Waals surface area contributed by atoms with Crippen LogP contribution in [0.25, 0.3) is 0 Å². The maximum Gasteiger partial charge on any atom is 0.339 e. The Hall–Kier alpha value is -1.52. The molecule has 0 aliphatic heterocycles. The van der Waals surface area contributed by atoms with Gasteiger partial charge in [-0.15, -0.1) is 0 Å². The predicted octanol–water partition coefficient (Wildman–Crippen LogP) is 5.06. The van der Waals surface area contributed by atoms with Crippen molar-refractivity contribution in [3.8, 4) is 0 Å². The van der Waals surface area contributed by atoms with Crippen LogP contribution >= 0.6 is 27.5 Å². The maximum atomic E-state index is 11.6. The van der Waals surface area contributed by atoms with Crippen LogP contribution in [0.5, 0.6) is 0 Å². The molecule has 2 aromatic rings. The minimum atomic E-state index is -0.444. The van der Waals surface area contributed by atoms with E-state index in [0.29, 0.717) is 10.6 Å². The molecule has 21 heavy (non-hydrogen) atoms. The summed E-state index contributed by atoms with van der Waals surface area (Å²) in [6.45, 7) is 2.05. The van der Waals surface area contributed by atoms with Gasteiger partial charge in [0.05, 0.1) is 17.7 Å². The van der Waals surface area contributed by atoms with Gasteiger partial charge in [-0.05, 0) is 42.8 Å². The lowest BCUT2D eigenvalue weighted by atomic mass is 10.1. The molecule has 1 atom stereocenters.